The molecule has 0 aliphatic carbocycles. The lowest BCUT2D eigenvalue weighted by Crippen LogP contribution is -2.53. The molecule has 21 heavy (non-hydrogen) atoms. The molecule has 1 aliphatic rings. The number of hydrogen-bond acceptors (Lipinski definition) is 2. The summed E-state index contributed by atoms with van der Waals surface area (Å²) >= 11 is 0. The summed E-state index contributed by atoms with van der Waals surface area (Å²) in [4.78, 5) is 27.5. The third-order valence-corrected chi connectivity index (χ3v) is 4.15. The second kappa shape index (κ2) is 8.90. The number of aliphatic carboxylic acids is 1. The van der Waals surface area contributed by atoms with Crippen molar-refractivity contribution < 1.29 is 14.7 Å². The summed E-state index contributed by atoms with van der Waals surface area (Å²) in [6.45, 7) is 7.66. The van der Waals surface area contributed by atoms with Gasteiger partial charge in [0.05, 0.1) is 6.42 Å². The zero-order chi connectivity index (χ0) is 15.8. The van der Waals surface area contributed by atoms with Gasteiger partial charge in [0.1, 0.15) is 0 Å². The first-order valence-corrected chi connectivity index (χ1v) is 8.26. The predicted octanol–water partition coefficient (Wildman–Crippen LogP) is 3.34. The summed E-state index contributed by atoms with van der Waals surface area (Å²) in [5.74, 6) is -0.818. The Kier molecular flexibility index (Phi) is 7.54. The molecule has 1 N–H and O–H groups in total. The molecule has 1 fully saturated rings. The molecule has 1 unspecified atom stereocenters. The standard InChI is InChI=1S/C16H30N2O3/c1-4-5-7-10-17(13(2)3)16(21)18-11-8-6-9-14(18)12-15(19)20/h13-14H,4-12H2,1-3H3,(H,19,20). The number of likely N-dealkylation sites (tertiary alicyclic amines) is 1. The van der Waals surface area contributed by atoms with Gasteiger partial charge < -0.3 is 14.9 Å². The highest BCUT2D eigenvalue weighted by molar-refractivity contribution is 5.76. The Labute approximate surface area is 128 Å². The van der Waals surface area contributed by atoms with E-state index < -0.39 is 5.97 Å². The first-order chi connectivity index (χ1) is 9.97. The van der Waals surface area contributed by atoms with Crippen LogP contribution < -0.4 is 0 Å². The van der Waals surface area contributed by atoms with Gasteiger partial charge >= 0.3 is 12.0 Å². The van der Waals surface area contributed by atoms with Crippen LogP contribution in [0.3, 0.4) is 0 Å². The van der Waals surface area contributed by atoms with E-state index in [4.69, 9.17) is 5.11 Å². The molecule has 5 heteroatoms. The van der Waals surface area contributed by atoms with Gasteiger partial charge in [0, 0.05) is 25.2 Å². The Balaban J connectivity index is 2.71. The molecular weight excluding hydrogens is 268 g/mol. The Morgan fingerprint density at radius 3 is 2.57 bits per heavy atom. The molecule has 2 amide bonds. The van der Waals surface area contributed by atoms with E-state index in [2.05, 4.69) is 6.92 Å². The maximum absolute atomic E-state index is 12.8. The molecule has 1 aliphatic heterocycles. The summed E-state index contributed by atoms with van der Waals surface area (Å²) in [7, 11) is 0. The number of carboxylic acid groups (broad SMARTS) is 1. The molecule has 5 nitrogen and oxygen atoms in total. The molecule has 0 spiro atoms. The fourth-order valence-electron chi connectivity index (χ4n) is 2.94. The minimum atomic E-state index is -0.818. The maximum atomic E-state index is 12.8. The molecule has 1 heterocycles. The van der Waals surface area contributed by atoms with E-state index in [1.165, 1.54) is 0 Å². The van der Waals surface area contributed by atoms with Crippen molar-refractivity contribution in [1.29, 1.82) is 0 Å². The van der Waals surface area contributed by atoms with Crippen molar-refractivity contribution in [3.63, 3.8) is 0 Å². The van der Waals surface area contributed by atoms with E-state index in [9.17, 15) is 9.59 Å². The number of hydrogen-bond donors (Lipinski definition) is 1. The summed E-state index contributed by atoms with van der Waals surface area (Å²) in [6, 6.07) is 0.0324. The van der Waals surface area contributed by atoms with E-state index in [0.717, 1.165) is 45.1 Å². The topological polar surface area (TPSA) is 60.9 Å². The fraction of sp³-hybridized carbons (Fsp3) is 0.875. The molecule has 1 atom stereocenters. The first-order valence-electron chi connectivity index (χ1n) is 8.26. The molecule has 0 aromatic heterocycles. The van der Waals surface area contributed by atoms with Crippen LogP contribution in [-0.4, -0.2) is 52.1 Å². The van der Waals surface area contributed by atoms with Gasteiger partial charge in [-0.05, 0) is 39.5 Å². The number of rotatable bonds is 7. The molecule has 0 radical (unpaired) electrons. The van der Waals surface area contributed by atoms with Crippen molar-refractivity contribution in [3.05, 3.63) is 0 Å². The SMILES string of the molecule is CCCCCN(C(=O)N1CCCCC1CC(=O)O)C(C)C. The van der Waals surface area contributed by atoms with Crippen LogP contribution in [0.4, 0.5) is 4.79 Å². The Morgan fingerprint density at radius 2 is 2.00 bits per heavy atom. The third kappa shape index (κ3) is 5.56. The number of carboxylic acids is 1. The van der Waals surface area contributed by atoms with E-state index in [0.29, 0.717) is 6.54 Å². The van der Waals surface area contributed by atoms with Gasteiger partial charge in [-0.1, -0.05) is 19.8 Å². The van der Waals surface area contributed by atoms with E-state index >= 15 is 0 Å². The number of unbranched alkanes of at least 4 members (excludes halogenated alkanes) is 2. The summed E-state index contributed by atoms with van der Waals surface area (Å²) in [5.41, 5.74) is 0. The minimum Gasteiger partial charge on any atom is -0.481 e. The maximum Gasteiger partial charge on any atom is 0.320 e. The quantitative estimate of drug-likeness (QED) is 0.733. The van der Waals surface area contributed by atoms with Crippen molar-refractivity contribution in [3.8, 4) is 0 Å². The van der Waals surface area contributed by atoms with Crippen LogP contribution >= 0.6 is 0 Å². The fourth-order valence-corrected chi connectivity index (χ4v) is 2.94. The molecule has 1 saturated heterocycles. The summed E-state index contributed by atoms with van der Waals surface area (Å²) in [5, 5.41) is 9.03. The Hall–Kier alpha value is -1.26. The van der Waals surface area contributed by atoms with Crippen molar-refractivity contribution in [2.24, 2.45) is 0 Å². The van der Waals surface area contributed by atoms with Crippen LogP contribution in [0.5, 0.6) is 0 Å². The lowest BCUT2D eigenvalue weighted by molar-refractivity contribution is -0.138. The van der Waals surface area contributed by atoms with Crippen LogP contribution in [0.2, 0.25) is 0 Å². The van der Waals surface area contributed by atoms with Gasteiger partial charge in [-0.15, -0.1) is 0 Å². The summed E-state index contributed by atoms with van der Waals surface area (Å²) in [6.07, 6.45) is 6.12. The van der Waals surface area contributed by atoms with E-state index in [1.54, 1.807) is 4.90 Å². The lowest BCUT2D eigenvalue weighted by atomic mass is 9.99. The average Bonchev–Trinajstić information content (AvgIpc) is 2.42. The molecule has 1 rings (SSSR count). The molecule has 122 valence electrons. The third-order valence-electron chi connectivity index (χ3n) is 4.15. The number of carbonyl (C=O) groups excluding carboxylic acids is 1. The normalized spacial score (nSPS) is 18.9. The van der Waals surface area contributed by atoms with E-state index in [-0.39, 0.29) is 24.5 Å². The Morgan fingerprint density at radius 1 is 1.29 bits per heavy atom. The van der Waals surface area contributed by atoms with Gasteiger partial charge in [0.2, 0.25) is 0 Å². The van der Waals surface area contributed by atoms with Gasteiger partial charge in [0.15, 0.2) is 0 Å². The monoisotopic (exact) mass is 298 g/mol. The van der Waals surface area contributed by atoms with Gasteiger partial charge in [-0.2, -0.15) is 0 Å². The van der Waals surface area contributed by atoms with Crippen molar-refractivity contribution in [2.75, 3.05) is 13.1 Å². The second-order valence-corrected chi connectivity index (χ2v) is 6.22. The zero-order valence-corrected chi connectivity index (χ0v) is 13.7. The highest BCUT2D eigenvalue weighted by Crippen LogP contribution is 2.22. The first kappa shape index (κ1) is 17.8. The van der Waals surface area contributed by atoms with Crippen LogP contribution in [-0.2, 0) is 4.79 Å². The molecule has 0 bridgehead atoms. The van der Waals surface area contributed by atoms with Crippen LogP contribution in [0, 0.1) is 0 Å². The number of piperidine rings is 1. The Bertz CT molecular complexity index is 344. The van der Waals surface area contributed by atoms with Gasteiger partial charge in [-0.3, -0.25) is 4.79 Å². The summed E-state index contributed by atoms with van der Waals surface area (Å²) < 4.78 is 0. The molecule has 0 aromatic carbocycles. The molecule has 0 aromatic rings. The zero-order valence-electron chi connectivity index (χ0n) is 13.7. The van der Waals surface area contributed by atoms with Gasteiger partial charge in [0.25, 0.3) is 0 Å². The lowest BCUT2D eigenvalue weighted by Gasteiger charge is -2.40. The van der Waals surface area contributed by atoms with Crippen molar-refractivity contribution in [1.82, 2.24) is 9.80 Å². The number of nitrogens with zero attached hydrogens (tertiary/aromatic N) is 2. The van der Waals surface area contributed by atoms with Crippen LogP contribution in [0.1, 0.15) is 65.7 Å². The second-order valence-electron chi connectivity index (χ2n) is 6.22. The predicted molar refractivity (Wildman–Crippen MR) is 83.4 cm³/mol. The molecular formula is C16H30N2O3. The smallest absolute Gasteiger partial charge is 0.320 e. The van der Waals surface area contributed by atoms with Crippen molar-refractivity contribution in [2.45, 2.75) is 77.8 Å². The minimum absolute atomic E-state index is 0.0204. The largest absolute Gasteiger partial charge is 0.481 e. The number of amides is 2. The average molecular weight is 298 g/mol. The van der Waals surface area contributed by atoms with E-state index in [1.807, 2.05) is 18.7 Å². The van der Waals surface area contributed by atoms with Crippen LogP contribution in [0.15, 0.2) is 0 Å². The van der Waals surface area contributed by atoms with Gasteiger partial charge in [-0.25, -0.2) is 4.79 Å². The number of urea groups is 1. The molecule has 0 saturated carbocycles. The van der Waals surface area contributed by atoms with Crippen LogP contribution in [0.25, 0.3) is 0 Å². The highest BCUT2D eigenvalue weighted by atomic mass is 16.4. The highest BCUT2D eigenvalue weighted by Gasteiger charge is 2.31. The number of carbonyl (C=O) groups is 2. The van der Waals surface area contributed by atoms with Crippen molar-refractivity contribution >= 4 is 12.0 Å².